The number of thioether (sulfide) groups is 2. The zero-order valence-corrected chi connectivity index (χ0v) is 13.7. The lowest BCUT2D eigenvalue weighted by Gasteiger charge is -2.30. The van der Waals surface area contributed by atoms with Crippen molar-refractivity contribution in [3.05, 3.63) is 0 Å². The Labute approximate surface area is 119 Å². The molecule has 0 N–H and O–H groups in total. The van der Waals surface area contributed by atoms with Crippen molar-refractivity contribution in [2.24, 2.45) is 0 Å². The van der Waals surface area contributed by atoms with Crippen LogP contribution >= 0.6 is 23.5 Å². The second-order valence-electron chi connectivity index (χ2n) is 4.67. The Morgan fingerprint density at radius 2 is 1.94 bits per heavy atom. The molecule has 1 saturated heterocycles. The van der Waals surface area contributed by atoms with Gasteiger partial charge in [-0.25, -0.2) is 8.42 Å². The maximum absolute atomic E-state index is 12.0. The monoisotopic (exact) mass is 310 g/mol. The van der Waals surface area contributed by atoms with Crippen molar-refractivity contribution in [2.45, 2.75) is 49.4 Å². The number of Topliss-reactive ketones (excluding diaryl/α,β-unsaturated/α-hetero) is 1. The molecule has 0 saturated carbocycles. The van der Waals surface area contributed by atoms with E-state index in [0.29, 0.717) is 23.3 Å². The number of carbonyl (C=O) groups is 1. The van der Waals surface area contributed by atoms with Crippen molar-refractivity contribution in [2.75, 3.05) is 17.3 Å². The van der Waals surface area contributed by atoms with E-state index in [1.54, 1.807) is 18.7 Å². The molecule has 106 valence electrons. The van der Waals surface area contributed by atoms with Crippen LogP contribution in [0.4, 0.5) is 0 Å². The van der Waals surface area contributed by atoms with Gasteiger partial charge in [0, 0.05) is 28.4 Å². The van der Waals surface area contributed by atoms with Crippen LogP contribution in [0.5, 0.6) is 0 Å². The lowest BCUT2D eigenvalue weighted by atomic mass is 10.2. The van der Waals surface area contributed by atoms with Gasteiger partial charge < -0.3 is 0 Å². The van der Waals surface area contributed by atoms with Crippen LogP contribution in [-0.2, 0) is 14.6 Å². The van der Waals surface area contributed by atoms with E-state index >= 15 is 0 Å². The molecule has 0 spiro atoms. The summed E-state index contributed by atoms with van der Waals surface area (Å²) in [6.45, 7) is 5.99. The molecule has 1 heterocycles. The molecule has 0 radical (unpaired) electrons. The highest BCUT2D eigenvalue weighted by Crippen LogP contribution is 2.36. The van der Waals surface area contributed by atoms with Gasteiger partial charge in [-0.3, -0.25) is 4.79 Å². The maximum Gasteiger partial charge on any atom is 0.150 e. The van der Waals surface area contributed by atoms with Gasteiger partial charge in [0.25, 0.3) is 0 Å². The zero-order chi connectivity index (χ0) is 13.8. The Balaban J connectivity index is 2.34. The summed E-state index contributed by atoms with van der Waals surface area (Å²) in [7, 11) is -2.93. The third-order valence-electron chi connectivity index (χ3n) is 3.23. The Morgan fingerprint density at radius 1 is 1.28 bits per heavy atom. The average Bonchev–Trinajstić information content (AvgIpc) is 2.32. The average molecular weight is 311 g/mol. The summed E-state index contributed by atoms with van der Waals surface area (Å²) in [5.74, 6) is 1.41. The Bertz CT molecular complexity index is 378. The number of ketones is 1. The first kappa shape index (κ1) is 16.4. The second kappa shape index (κ2) is 7.20. The van der Waals surface area contributed by atoms with E-state index < -0.39 is 9.84 Å². The van der Waals surface area contributed by atoms with Gasteiger partial charge in [0.2, 0.25) is 0 Å². The zero-order valence-electron chi connectivity index (χ0n) is 11.2. The Kier molecular flexibility index (Phi) is 6.55. The Morgan fingerprint density at radius 3 is 2.50 bits per heavy atom. The minimum atomic E-state index is -2.93. The molecule has 3 nitrogen and oxygen atoms in total. The van der Waals surface area contributed by atoms with Gasteiger partial charge in [0.15, 0.2) is 0 Å². The van der Waals surface area contributed by atoms with Gasteiger partial charge >= 0.3 is 0 Å². The van der Waals surface area contributed by atoms with Crippen molar-refractivity contribution < 1.29 is 13.2 Å². The summed E-state index contributed by atoms with van der Waals surface area (Å²) in [5, 5.41) is 1.15. The SMILES string of the molecule is CCS(=O)(=O)CCCC(=O)C1CSC(C)C(C)S1. The smallest absolute Gasteiger partial charge is 0.150 e. The van der Waals surface area contributed by atoms with Crippen LogP contribution in [0.25, 0.3) is 0 Å². The highest BCUT2D eigenvalue weighted by Gasteiger charge is 2.29. The van der Waals surface area contributed by atoms with Crippen molar-refractivity contribution in [1.29, 1.82) is 0 Å². The first-order valence-electron chi connectivity index (χ1n) is 6.36. The summed E-state index contributed by atoms with van der Waals surface area (Å²) in [6.07, 6.45) is 0.874. The largest absolute Gasteiger partial charge is 0.298 e. The number of sulfone groups is 1. The molecule has 3 atom stereocenters. The van der Waals surface area contributed by atoms with E-state index in [1.165, 1.54) is 0 Å². The highest BCUT2D eigenvalue weighted by atomic mass is 32.2. The summed E-state index contributed by atoms with van der Waals surface area (Å²) in [5.41, 5.74) is 0. The summed E-state index contributed by atoms with van der Waals surface area (Å²) in [6, 6.07) is 0. The van der Waals surface area contributed by atoms with Gasteiger partial charge in [-0.15, -0.1) is 11.8 Å². The number of hydrogen-bond acceptors (Lipinski definition) is 5. The van der Waals surface area contributed by atoms with Crippen LogP contribution in [0.1, 0.15) is 33.6 Å². The van der Waals surface area contributed by atoms with E-state index in [-0.39, 0.29) is 22.5 Å². The van der Waals surface area contributed by atoms with Crippen LogP contribution in [0.15, 0.2) is 0 Å². The number of carbonyl (C=O) groups excluding carboxylic acids is 1. The molecule has 0 aromatic heterocycles. The van der Waals surface area contributed by atoms with E-state index in [4.69, 9.17) is 0 Å². The van der Waals surface area contributed by atoms with Gasteiger partial charge in [-0.1, -0.05) is 20.8 Å². The predicted molar refractivity (Wildman–Crippen MR) is 81.3 cm³/mol. The summed E-state index contributed by atoms with van der Waals surface area (Å²) >= 11 is 3.59. The molecule has 0 aromatic rings. The number of hydrogen-bond donors (Lipinski definition) is 0. The second-order valence-corrected chi connectivity index (χ2v) is 10.1. The maximum atomic E-state index is 12.0. The van der Waals surface area contributed by atoms with Crippen LogP contribution in [0, 0.1) is 0 Å². The lowest BCUT2D eigenvalue weighted by Crippen LogP contribution is -2.31. The molecular weight excluding hydrogens is 288 g/mol. The van der Waals surface area contributed by atoms with Crippen LogP contribution in [-0.4, -0.2) is 47.2 Å². The molecule has 6 heteroatoms. The standard InChI is InChI=1S/C12H22O3S3/c1-4-18(14,15)7-5-6-11(13)12-8-16-9(2)10(3)17-12/h9-10,12H,4-8H2,1-3H3. The quantitative estimate of drug-likeness (QED) is 0.754. The van der Waals surface area contributed by atoms with E-state index in [9.17, 15) is 13.2 Å². The molecule has 1 aliphatic heterocycles. The van der Waals surface area contributed by atoms with Crippen LogP contribution in [0.3, 0.4) is 0 Å². The van der Waals surface area contributed by atoms with Gasteiger partial charge in [-0.05, 0) is 6.42 Å². The van der Waals surface area contributed by atoms with Crippen molar-refractivity contribution in [3.8, 4) is 0 Å². The first-order valence-corrected chi connectivity index (χ1v) is 10.2. The normalized spacial score (nSPS) is 29.2. The molecule has 0 aliphatic carbocycles. The third-order valence-corrected chi connectivity index (χ3v) is 8.46. The van der Waals surface area contributed by atoms with E-state index in [2.05, 4.69) is 13.8 Å². The fraction of sp³-hybridized carbons (Fsp3) is 0.917. The summed E-state index contributed by atoms with van der Waals surface area (Å²) < 4.78 is 22.7. The predicted octanol–water partition coefficient (Wildman–Crippen LogP) is 2.40. The lowest BCUT2D eigenvalue weighted by molar-refractivity contribution is -0.118. The van der Waals surface area contributed by atoms with Crippen molar-refractivity contribution in [1.82, 2.24) is 0 Å². The van der Waals surface area contributed by atoms with Crippen LogP contribution in [0.2, 0.25) is 0 Å². The number of rotatable bonds is 6. The van der Waals surface area contributed by atoms with Crippen molar-refractivity contribution >= 4 is 39.1 Å². The molecule has 1 aliphatic rings. The minimum absolute atomic E-state index is 0.0607. The van der Waals surface area contributed by atoms with E-state index in [0.717, 1.165) is 5.75 Å². The molecule has 0 aromatic carbocycles. The van der Waals surface area contributed by atoms with Gasteiger partial charge in [-0.2, -0.15) is 11.8 Å². The molecular formula is C12H22O3S3. The topological polar surface area (TPSA) is 51.2 Å². The van der Waals surface area contributed by atoms with Gasteiger partial charge in [0.1, 0.15) is 15.6 Å². The summed E-state index contributed by atoms with van der Waals surface area (Å²) in [4.78, 5) is 12.0. The fourth-order valence-electron chi connectivity index (χ4n) is 1.72. The molecule has 1 fully saturated rings. The van der Waals surface area contributed by atoms with Crippen LogP contribution < -0.4 is 0 Å². The van der Waals surface area contributed by atoms with Gasteiger partial charge in [0.05, 0.1) is 11.0 Å². The molecule has 18 heavy (non-hydrogen) atoms. The fourth-order valence-corrected chi connectivity index (χ4v) is 5.52. The Hall–Kier alpha value is 0.320. The first-order chi connectivity index (χ1) is 8.35. The molecule has 1 rings (SSSR count). The van der Waals surface area contributed by atoms with Crippen molar-refractivity contribution in [3.63, 3.8) is 0 Å². The molecule has 3 unspecified atom stereocenters. The highest BCUT2D eigenvalue weighted by molar-refractivity contribution is 8.08. The minimum Gasteiger partial charge on any atom is -0.298 e. The molecule has 0 bridgehead atoms. The molecule has 0 amide bonds. The third kappa shape index (κ3) is 5.13. The van der Waals surface area contributed by atoms with E-state index in [1.807, 2.05) is 11.8 Å².